The van der Waals surface area contributed by atoms with Crippen LogP contribution in [-0.2, 0) is 13.6 Å². The summed E-state index contributed by atoms with van der Waals surface area (Å²) in [6.45, 7) is 0.673. The number of hydrogen-bond donors (Lipinski definition) is 2. The first-order chi connectivity index (χ1) is 8.24. The lowest BCUT2D eigenvalue weighted by Gasteiger charge is -2.09. The minimum atomic E-state index is 0.611. The van der Waals surface area contributed by atoms with Crippen molar-refractivity contribution in [3.63, 3.8) is 0 Å². The van der Waals surface area contributed by atoms with Crippen LogP contribution >= 0.6 is 12.2 Å². The number of aromatic nitrogens is 2. The highest BCUT2D eigenvalue weighted by Gasteiger charge is 1.98. The van der Waals surface area contributed by atoms with Gasteiger partial charge in [-0.1, -0.05) is 18.2 Å². The van der Waals surface area contributed by atoms with E-state index in [1.165, 1.54) is 0 Å². The second kappa shape index (κ2) is 5.45. The maximum absolute atomic E-state index is 5.19. The molecular formula is C12H14N4S. The van der Waals surface area contributed by atoms with E-state index in [0.717, 1.165) is 11.3 Å². The number of thiocarbonyl (C=S) groups is 1. The van der Waals surface area contributed by atoms with Crippen LogP contribution in [0.1, 0.15) is 5.56 Å². The van der Waals surface area contributed by atoms with Crippen molar-refractivity contribution < 1.29 is 0 Å². The van der Waals surface area contributed by atoms with Gasteiger partial charge >= 0.3 is 0 Å². The molecule has 0 unspecified atom stereocenters. The van der Waals surface area contributed by atoms with Gasteiger partial charge in [0, 0.05) is 31.0 Å². The molecule has 0 aliphatic heterocycles. The van der Waals surface area contributed by atoms with Gasteiger partial charge in [-0.2, -0.15) is 5.10 Å². The lowest BCUT2D eigenvalue weighted by Crippen LogP contribution is -2.27. The average molecular weight is 246 g/mol. The molecule has 0 amide bonds. The number of benzene rings is 1. The fourth-order valence-corrected chi connectivity index (χ4v) is 1.63. The molecule has 0 bridgehead atoms. The van der Waals surface area contributed by atoms with Crippen LogP contribution in [0.4, 0.5) is 5.69 Å². The van der Waals surface area contributed by atoms with Crippen LogP contribution in [-0.4, -0.2) is 14.9 Å². The minimum Gasteiger partial charge on any atom is -0.358 e. The Morgan fingerprint density at radius 3 is 2.76 bits per heavy atom. The number of nitrogens with one attached hydrogen (secondary N) is 2. The first-order valence-corrected chi connectivity index (χ1v) is 5.72. The maximum Gasteiger partial charge on any atom is 0.171 e. The third-order valence-corrected chi connectivity index (χ3v) is 2.49. The van der Waals surface area contributed by atoms with Crippen molar-refractivity contribution in [3.8, 4) is 0 Å². The molecule has 17 heavy (non-hydrogen) atoms. The largest absolute Gasteiger partial charge is 0.358 e. The summed E-state index contributed by atoms with van der Waals surface area (Å²) in [6, 6.07) is 9.84. The van der Waals surface area contributed by atoms with Crippen molar-refractivity contribution in [3.05, 3.63) is 48.3 Å². The second-order valence-electron chi connectivity index (χ2n) is 3.70. The third-order valence-electron chi connectivity index (χ3n) is 2.24. The molecule has 1 heterocycles. The van der Waals surface area contributed by atoms with Crippen LogP contribution in [0.5, 0.6) is 0 Å². The summed E-state index contributed by atoms with van der Waals surface area (Å²) in [7, 11) is 1.89. The quantitative estimate of drug-likeness (QED) is 0.812. The van der Waals surface area contributed by atoms with Crippen LogP contribution in [0.15, 0.2) is 42.7 Å². The van der Waals surface area contributed by atoms with E-state index in [-0.39, 0.29) is 0 Å². The van der Waals surface area contributed by atoms with Gasteiger partial charge in [0.25, 0.3) is 0 Å². The van der Waals surface area contributed by atoms with Gasteiger partial charge in [-0.05, 0) is 24.4 Å². The van der Waals surface area contributed by atoms with Crippen LogP contribution in [0.25, 0.3) is 0 Å². The average Bonchev–Trinajstić information content (AvgIpc) is 2.74. The highest BCUT2D eigenvalue weighted by molar-refractivity contribution is 7.80. The Labute approximate surface area is 106 Å². The summed E-state index contributed by atoms with van der Waals surface area (Å²) in [5.41, 5.74) is 2.08. The molecule has 0 fully saturated rings. The molecule has 0 radical (unpaired) electrons. The van der Waals surface area contributed by atoms with E-state index < -0.39 is 0 Å². The molecule has 1 aromatic heterocycles. The van der Waals surface area contributed by atoms with Crippen LogP contribution in [0.3, 0.4) is 0 Å². The Morgan fingerprint density at radius 2 is 2.12 bits per heavy atom. The lowest BCUT2D eigenvalue weighted by atomic mass is 10.3. The summed E-state index contributed by atoms with van der Waals surface area (Å²) >= 11 is 5.19. The molecule has 0 spiro atoms. The molecule has 2 aromatic rings. The molecule has 5 heteroatoms. The van der Waals surface area contributed by atoms with Crippen LogP contribution < -0.4 is 10.6 Å². The first-order valence-electron chi connectivity index (χ1n) is 5.31. The summed E-state index contributed by atoms with van der Waals surface area (Å²) in [4.78, 5) is 0. The molecule has 88 valence electrons. The van der Waals surface area contributed by atoms with Gasteiger partial charge in [-0.3, -0.25) is 4.68 Å². The number of hydrogen-bond acceptors (Lipinski definition) is 2. The van der Waals surface area contributed by atoms with Crippen LogP contribution in [0, 0.1) is 0 Å². The number of anilines is 1. The van der Waals surface area contributed by atoms with Crippen molar-refractivity contribution in [2.75, 3.05) is 5.32 Å². The van der Waals surface area contributed by atoms with Gasteiger partial charge < -0.3 is 10.6 Å². The maximum atomic E-state index is 5.19. The molecule has 1 aromatic carbocycles. The molecule has 0 aliphatic carbocycles. The Kier molecular flexibility index (Phi) is 3.72. The summed E-state index contributed by atoms with van der Waals surface area (Å²) in [5.74, 6) is 0. The smallest absolute Gasteiger partial charge is 0.171 e. The molecule has 0 atom stereocenters. The zero-order valence-corrected chi connectivity index (χ0v) is 10.4. The first kappa shape index (κ1) is 11.6. The second-order valence-corrected chi connectivity index (χ2v) is 4.10. The lowest BCUT2D eigenvalue weighted by molar-refractivity contribution is 0.766. The van der Waals surface area contributed by atoms with E-state index in [1.54, 1.807) is 4.68 Å². The number of para-hydroxylation sites is 1. The molecule has 2 N–H and O–H groups in total. The standard InChI is InChI=1S/C12H14N4S/c1-16-9-10(8-14-16)7-13-12(17)15-11-5-3-2-4-6-11/h2-6,8-9H,7H2,1H3,(H2,13,15,17). The van der Waals surface area contributed by atoms with Gasteiger partial charge in [0.1, 0.15) is 0 Å². The minimum absolute atomic E-state index is 0.611. The van der Waals surface area contributed by atoms with Crippen molar-refractivity contribution in [2.45, 2.75) is 6.54 Å². The molecule has 2 rings (SSSR count). The number of rotatable bonds is 3. The third kappa shape index (κ3) is 3.57. The fourth-order valence-electron chi connectivity index (χ4n) is 1.44. The Hall–Kier alpha value is -1.88. The highest BCUT2D eigenvalue weighted by atomic mass is 32.1. The van der Waals surface area contributed by atoms with E-state index >= 15 is 0 Å². The zero-order chi connectivity index (χ0) is 12.1. The molecule has 0 saturated heterocycles. The summed E-state index contributed by atoms with van der Waals surface area (Å²) in [6.07, 6.45) is 3.77. The highest BCUT2D eigenvalue weighted by Crippen LogP contribution is 2.04. The molecular weight excluding hydrogens is 232 g/mol. The van der Waals surface area contributed by atoms with Crippen molar-refractivity contribution in [1.29, 1.82) is 0 Å². The van der Waals surface area contributed by atoms with E-state index in [2.05, 4.69) is 15.7 Å². The molecule has 4 nitrogen and oxygen atoms in total. The van der Waals surface area contributed by atoms with E-state index in [0.29, 0.717) is 11.7 Å². The zero-order valence-electron chi connectivity index (χ0n) is 9.55. The van der Waals surface area contributed by atoms with Gasteiger partial charge in [-0.15, -0.1) is 0 Å². The summed E-state index contributed by atoms with van der Waals surface area (Å²) in [5, 5.41) is 10.9. The van der Waals surface area contributed by atoms with Gasteiger partial charge in [0.2, 0.25) is 0 Å². The van der Waals surface area contributed by atoms with Crippen molar-refractivity contribution in [2.24, 2.45) is 7.05 Å². The Balaban J connectivity index is 1.82. The fraction of sp³-hybridized carbons (Fsp3) is 0.167. The van der Waals surface area contributed by atoms with Crippen molar-refractivity contribution in [1.82, 2.24) is 15.1 Å². The molecule has 0 aliphatic rings. The van der Waals surface area contributed by atoms with Gasteiger partial charge in [-0.25, -0.2) is 0 Å². The van der Waals surface area contributed by atoms with Gasteiger partial charge in [0.05, 0.1) is 6.20 Å². The number of aryl methyl sites for hydroxylation is 1. The SMILES string of the molecule is Cn1cc(CNC(=S)Nc2ccccc2)cn1. The monoisotopic (exact) mass is 246 g/mol. The normalized spacial score (nSPS) is 9.94. The van der Waals surface area contributed by atoms with Crippen molar-refractivity contribution >= 4 is 23.0 Å². The predicted molar refractivity (Wildman–Crippen MR) is 72.7 cm³/mol. The van der Waals surface area contributed by atoms with Gasteiger partial charge in [0.15, 0.2) is 5.11 Å². The summed E-state index contributed by atoms with van der Waals surface area (Å²) < 4.78 is 1.77. The van der Waals surface area contributed by atoms with E-state index in [1.807, 2.05) is 49.8 Å². The Bertz CT molecular complexity index is 492. The van der Waals surface area contributed by atoms with E-state index in [4.69, 9.17) is 12.2 Å². The van der Waals surface area contributed by atoms with E-state index in [9.17, 15) is 0 Å². The topological polar surface area (TPSA) is 41.9 Å². The van der Waals surface area contributed by atoms with Crippen LogP contribution in [0.2, 0.25) is 0 Å². The Morgan fingerprint density at radius 1 is 1.35 bits per heavy atom. The molecule has 0 saturated carbocycles. The predicted octanol–water partition coefficient (Wildman–Crippen LogP) is 1.91. The number of nitrogens with zero attached hydrogens (tertiary/aromatic N) is 2.